The fraction of sp³-hybridized carbons (Fsp3) is 0.412. The number of nitrogens with one attached hydrogen (secondary N) is 1. The van der Waals surface area contributed by atoms with Crippen molar-refractivity contribution in [1.82, 2.24) is 5.32 Å². The molecule has 1 aromatic heterocycles. The molecule has 0 fully saturated rings. The van der Waals surface area contributed by atoms with Crippen LogP contribution in [-0.2, 0) is 12.2 Å². The minimum absolute atomic E-state index is 0.328. The van der Waals surface area contributed by atoms with Gasteiger partial charge in [-0.2, -0.15) is 11.8 Å². The zero-order valence-electron chi connectivity index (χ0n) is 12.3. The third kappa shape index (κ3) is 2.80. The number of thioether (sulfide) groups is 1. The lowest BCUT2D eigenvalue weighted by atomic mass is 10.00. The summed E-state index contributed by atoms with van der Waals surface area (Å²) in [7, 11) is 2.07. The maximum atomic E-state index is 3.50. The van der Waals surface area contributed by atoms with Crippen LogP contribution in [0.15, 0.2) is 24.3 Å². The molecule has 1 aliphatic heterocycles. The van der Waals surface area contributed by atoms with Crippen molar-refractivity contribution in [2.24, 2.45) is 0 Å². The summed E-state index contributed by atoms with van der Waals surface area (Å²) >= 11 is 4.06. The first-order valence-electron chi connectivity index (χ1n) is 7.12. The average molecular weight is 303 g/mol. The molecule has 0 saturated heterocycles. The van der Waals surface area contributed by atoms with Crippen molar-refractivity contribution in [3.63, 3.8) is 0 Å². The maximum absolute atomic E-state index is 3.50. The van der Waals surface area contributed by atoms with Gasteiger partial charge in [0, 0.05) is 15.5 Å². The highest BCUT2D eigenvalue weighted by molar-refractivity contribution is 7.98. The van der Waals surface area contributed by atoms with E-state index in [1.165, 1.54) is 39.5 Å². The number of rotatable bonds is 3. The van der Waals surface area contributed by atoms with Crippen LogP contribution >= 0.6 is 23.1 Å². The zero-order valence-corrected chi connectivity index (χ0v) is 14.0. The van der Waals surface area contributed by atoms with Crippen molar-refractivity contribution in [1.29, 1.82) is 0 Å². The van der Waals surface area contributed by atoms with Crippen LogP contribution in [-0.4, -0.2) is 12.8 Å². The van der Waals surface area contributed by atoms with E-state index in [1.807, 2.05) is 11.3 Å². The third-order valence-electron chi connectivity index (χ3n) is 3.80. The number of hydrogen-bond acceptors (Lipinski definition) is 3. The third-order valence-corrected chi connectivity index (χ3v) is 6.11. The lowest BCUT2D eigenvalue weighted by Crippen LogP contribution is -2.16. The van der Waals surface area contributed by atoms with Gasteiger partial charge in [0.2, 0.25) is 0 Å². The molecule has 0 amide bonds. The van der Waals surface area contributed by atoms with Crippen molar-refractivity contribution in [3.05, 3.63) is 56.3 Å². The summed E-state index contributed by atoms with van der Waals surface area (Å²) in [6.45, 7) is 4.36. The lowest BCUT2D eigenvalue weighted by molar-refractivity contribution is 0.702. The Bertz CT molecular complexity index is 572. The van der Waals surface area contributed by atoms with E-state index in [9.17, 15) is 0 Å². The van der Waals surface area contributed by atoms with Crippen molar-refractivity contribution >= 4 is 23.1 Å². The first-order chi connectivity index (χ1) is 9.67. The highest BCUT2D eigenvalue weighted by Gasteiger charge is 2.20. The molecule has 0 aliphatic carbocycles. The Morgan fingerprint density at radius 2 is 1.85 bits per heavy atom. The minimum atomic E-state index is 0.328. The molecule has 0 radical (unpaired) electrons. The van der Waals surface area contributed by atoms with E-state index in [4.69, 9.17) is 0 Å². The van der Waals surface area contributed by atoms with E-state index in [1.54, 1.807) is 10.4 Å². The van der Waals surface area contributed by atoms with Crippen molar-refractivity contribution in [2.45, 2.75) is 32.1 Å². The molecule has 1 N–H and O–H groups in total. The van der Waals surface area contributed by atoms with Crippen LogP contribution in [0.2, 0.25) is 0 Å². The fourth-order valence-electron chi connectivity index (χ4n) is 2.96. The van der Waals surface area contributed by atoms with Gasteiger partial charge in [-0.25, -0.2) is 0 Å². The standard InChI is InChI=1S/C17H21NS2/c1-11-6-12(2)8-13(7-11)17(18-3)16-9-14-10-19-5-4-15(14)20-16/h6-9,17-18H,4-5,10H2,1-3H3. The van der Waals surface area contributed by atoms with Crippen LogP contribution in [0, 0.1) is 13.8 Å². The molecule has 0 spiro atoms. The quantitative estimate of drug-likeness (QED) is 0.898. The van der Waals surface area contributed by atoms with Gasteiger partial charge in [0.15, 0.2) is 0 Å². The molecule has 0 bridgehead atoms. The van der Waals surface area contributed by atoms with Gasteiger partial charge in [-0.3, -0.25) is 0 Å². The van der Waals surface area contributed by atoms with Gasteiger partial charge >= 0.3 is 0 Å². The summed E-state index contributed by atoms with van der Waals surface area (Å²) in [6.07, 6.45) is 1.24. The Kier molecular flexibility index (Phi) is 4.20. The topological polar surface area (TPSA) is 12.0 Å². The molecule has 1 aliphatic rings. The van der Waals surface area contributed by atoms with Crippen LogP contribution in [0.25, 0.3) is 0 Å². The molecule has 3 heteroatoms. The number of hydrogen-bond donors (Lipinski definition) is 1. The van der Waals surface area contributed by atoms with Gasteiger partial charge in [-0.05, 0) is 50.3 Å². The smallest absolute Gasteiger partial charge is 0.0669 e. The maximum Gasteiger partial charge on any atom is 0.0669 e. The van der Waals surface area contributed by atoms with Crippen LogP contribution in [0.3, 0.4) is 0 Å². The second-order valence-electron chi connectivity index (χ2n) is 5.54. The minimum Gasteiger partial charge on any atom is -0.309 e. The predicted octanol–water partition coefficient (Wildman–Crippen LogP) is 4.46. The van der Waals surface area contributed by atoms with E-state index in [0.29, 0.717) is 6.04 Å². The number of thiophene rings is 1. The van der Waals surface area contributed by atoms with E-state index >= 15 is 0 Å². The van der Waals surface area contributed by atoms with Gasteiger partial charge in [0.1, 0.15) is 0 Å². The zero-order chi connectivity index (χ0) is 14.1. The summed E-state index contributed by atoms with van der Waals surface area (Å²) in [5.74, 6) is 2.47. The SMILES string of the molecule is CNC(c1cc(C)cc(C)c1)c1cc2c(s1)CCSC2. The molecule has 1 nitrogen and oxygen atoms in total. The molecule has 106 valence electrons. The summed E-state index contributed by atoms with van der Waals surface area (Å²) in [6, 6.07) is 9.61. The first kappa shape index (κ1) is 14.2. The van der Waals surface area contributed by atoms with E-state index in [2.05, 4.69) is 62.2 Å². The molecule has 1 atom stereocenters. The molecular formula is C17H21NS2. The number of fused-ring (bicyclic) bond motifs is 1. The van der Waals surface area contributed by atoms with E-state index in [0.717, 1.165) is 0 Å². The van der Waals surface area contributed by atoms with E-state index < -0.39 is 0 Å². The van der Waals surface area contributed by atoms with Gasteiger partial charge < -0.3 is 5.32 Å². The molecule has 1 aromatic carbocycles. The second kappa shape index (κ2) is 5.92. The molecule has 0 saturated carbocycles. The van der Waals surface area contributed by atoms with Crippen molar-refractivity contribution < 1.29 is 0 Å². The van der Waals surface area contributed by atoms with Crippen LogP contribution in [0.1, 0.15) is 38.0 Å². The van der Waals surface area contributed by atoms with Gasteiger partial charge in [-0.1, -0.05) is 29.3 Å². The first-order valence-corrected chi connectivity index (χ1v) is 9.09. The summed E-state index contributed by atoms with van der Waals surface area (Å²) in [4.78, 5) is 3.06. The fourth-order valence-corrected chi connectivity index (χ4v) is 5.48. The number of benzene rings is 1. The van der Waals surface area contributed by atoms with Gasteiger partial charge in [-0.15, -0.1) is 11.3 Å². The highest BCUT2D eigenvalue weighted by atomic mass is 32.2. The Morgan fingerprint density at radius 1 is 1.10 bits per heavy atom. The normalized spacial score (nSPS) is 15.9. The predicted molar refractivity (Wildman–Crippen MR) is 91.0 cm³/mol. The summed E-state index contributed by atoms with van der Waals surface area (Å²) in [5.41, 5.74) is 5.64. The van der Waals surface area contributed by atoms with Crippen LogP contribution in [0.5, 0.6) is 0 Å². The molecular weight excluding hydrogens is 282 g/mol. The Labute approximate surface area is 129 Å². The molecule has 1 unspecified atom stereocenters. The molecule has 2 heterocycles. The van der Waals surface area contributed by atoms with Gasteiger partial charge in [0.25, 0.3) is 0 Å². The molecule has 3 rings (SSSR count). The Morgan fingerprint density at radius 3 is 2.50 bits per heavy atom. The second-order valence-corrected chi connectivity index (χ2v) is 7.82. The Hall–Kier alpha value is -0.770. The highest BCUT2D eigenvalue weighted by Crippen LogP contribution is 2.36. The Balaban J connectivity index is 1.98. The number of aryl methyl sites for hydroxylation is 3. The van der Waals surface area contributed by atoms with Gasteiger partial charge in [0.05, 0.1) is 6.04 Å². The average Bonchev–Trinajstić information content (AvgIpc) is 2.81. The van der Waals surface area contributed by atoms with E-state index in [-0.39, 0.29) is 0 Å². The van der Waals surface area contributed by atoms with Crippen LogP contribution < -0.4 is 5.32 Å². The largest absolute Gasteiger partial charge is 0.309 e. The monoisotopic (exact) mass is 303 g/mol. The van der Waals surface area contributed by atoms with Crippen molar-refractivity contribution in [3.8, 4) is 0 Å². The summed E-state index contributed by atoms with van der Waals surface area (Å²) < 4.78 is 0. The van der Waals surface area contributed by atoms with Crippen molar-refractivity contribution in [2.75, 3.05) is 12.8 Å². The lowest BCUT2D eigenvalue weighted by Gasteiger charge is -2.16. The summed E-state index contributed by atoms with van der Waals surface area (Å²) in [5, 5.41) is 3.50. The van der Waals surface area contributed by atoms with Crippen LogP contribution in [0.4, 0.5) is 0 Å². The molecule has 2 aromatic rings. The molecule has 20 heavy (non-hydrogen) atoms.